The van der Waals surface area contributed by atoms with Gasteiger partial charge in [-0.2, -0.15) is 5.10 Å². The van der Waals surface area contributed by atoms with Gasteiger partial charge in [0.25, 0.3) is 6.43 Å². The van der Waals surface area contributed by atoms with E-state index in [1.807, 2.05) is 30.3 Å². The van der Waals surface area contributed by atoms with E-state index >= 15 is 0 Å². The maximum Gasteiger partial charge on any atom is 0.320 e. The fourth-order valence-electron chi connectivity index (χ4n) is 3.00. The second-order valence-corrected chi connectivity index (χ2v) is 6.89. The van der Waals surface area contributed by atoms with Gasteiger partial charge in [-0.15, -0.1) is 0 Å². The number of halogens is 2. The number of rotatable bonds is 6. The molecule has 0 aliphatic carbocycles. The van der Waals surface area contributed by atoms with Gasteiger partial charge in [0, 0.05) is 19.0 Å². The average molecular weight is 389 g/mol. The Morgan fingerprint density at radius 3 is 2.71 bits per heavy atom. The highest BCUT2D eigenvalue weighted by Gasteiger charge is 2.22. The van der Waals surface area contributed by atoms with Crippen LogP contribution in [0, 0.1) is 6.92 Å². The first-order chi connectivity index (χ1) is 13.2. The predicted octanol–water partition coefficient (Wildman–Crippen LogP) is 3.32. The molecular formula is C19H21F2N5O2. The Kier molecular flexibility index (Phi) is 5.55. The van der Waals surface area contributed by atoms with Crippen molar-refractivity contribution in [3.8, 4) is 0 Å². The van der Waals surface area contributed by atoms with E-state index in [0.29, 0.717) is 12.1 Å². The van der Waals surface area contributed by atoms with Crippen LogP contribution in [-0.2, 0) is 6.42 Å². The zero-order chi connectivity index (χ0) is 20.3. The first-order valence-electron chi connectivity index (χ1n) is 8.70. The molecule has 2 heterocycles. The maximum atomic E-state index is 13.0. The topological polar surface area (TPSA) is 103 Å². The highest BCUT2D eigenvalue weighted by molar-refractivity contribution is 5.92. The molecular weight excluding hydrogens is 368 g/mol. The zero-order valence-corrected chi connectivity index (χ0v) is 15.5. The van der Waals surface area contributed by atoms with Crippen molar-refractivity contribution in [1.82, 2.24) is 20.5 Å². The van der Waals surface area contributed by atoms with Crippen LogP contribution in [0.2, 0.25) is 0 Å². The molecule has 0 saturated heterocycles. The Bertz CT molecular complexity index is 973. The maximum absolute atomic E-state index is 13.0. The van der Waals surface area contributed by atoms with Crippen LogP contribution in [0.15, 0.2) is 36.4 Å². The Balaban J connectivity index is 1.63. The van der Waals surface area contributed by atoms with Crippen LogP contribution >= 0.6 is 0 Å². The number of carbonyl (C=O) groups is 1. The van der Waals surface area contributed by atoms with E-state index in [0.717, 1.165) is 5.56 Å². The van der Waals surface area contributed by atoms with Crippen molar-refractivity contribution in [2.45, 2.75) is 32.3 Å². The third-order valence-electron chi connectivity index (χ3n) is 4.26. The lowest BCUT2D eigenvalue weighted by Crippen LogP contribution is -2.43. The normalized spacial score (nSPS) is 13.5. The van der Waals surface area contributed by atoms with Crippen LogP contribution < -0.4 is 10.6 Å². The number of fused-ring (bicyclic) bond motifs is 1. The molecule has 0 bridgehead atoms. The van der Waals surface area contributed by atoms with Crippen molar-refractivity contribution in [1.29, 1.82) is 0 Å². The van der Waals surface area contributed by atoms with Crippen LogP contribution in [0.4, 0.5) is 19.4 Å². The minimum atomic E-state index is -2.69. The molecule has 28 heavy (non-hydrogen) atoms. The Morgan fingerprint density at radius 1 is 1.32 bits per heavy atom. The fourth-order valence-corrected chi connectivity index (χ4v) is 3.00. The number of hydrogen-bond donors (Lipinski definition) is 4. The van der Waals surface area contributed by atoms with E-state index in [1.165, 1.54) is 6.07 Å². The Hall–Kier alpha value is -3.07. The Morgan fingerprint density at radius 2 is 2.04 bits per heavy atom. The first kappa shape index (κ1) is 19.7. The van der Waals surface area contributed by atoms with Gasteiger partial charge in [-0.05, 0) is 19.4 Å². The van der Waals surface area contributed by atoms with Gasteiger partial charge in [0.15, 0.2) is 0 Å². The second-order valence-electron chi connectivity index (χ2n) is 6.89. The molecule has 0 spiro atoms. The lowest BCUT2D eigenvalue weighted by molar-refractivity contribution is 0.0629. The minimum absolute atomic E-state index is 0.0207. The number of nitrogens with one attached hydrogen (secondary N) is 3. The molecule has 0 aliphatic rings. The van der Waals surface area contributed by atoms with Gasteiger partial charge >= 0.3 is 6.03 Å². The summed E-state index contributed by atoms with van der Waals surface area (Å²) in [6, 6.07) is 10.3. The van der Waals surface area contributed by atoms with Gasteiger partial charge in [-0.25, -0.2) is 18.6 Å². The number of pyridine rings is 1. The van der Waals surface area contributed by atoms with E-state index in [1.54, 1.807) is 13.8 Å². The number of aliphatic hydroxyl groups is 1. The molecule has 0 aliphatic heterocycles. The first-order valence-corrected chi connectivity index (χ1v) is 8.70. The number of aromatic nitrogens is 3. The number of hydrogen-bond acceptors (Lipinski definition) is 4. The molecule has 148 valence electrons. The number of H-pyrrole nitrogens is 1. The van der Waals surface area contributed by atoms with E-state index in [9.17, 15) is 18.7 Å². The zero-order valence-electron chi connectivity index (χ0n) is 15.5. The lowest BCUT2D eigenvalue weighted by Gasteiger charge is -2.23. The molecule has 2 amide bonds. The van der Waals surface area contributed by atoms with E-state index in [2.05, 4.69) is 25.8 Å². The van der Waals surface area contributed by atoms with Crippen molar-refractivity contribution in [3.05, 3.63) is 53.3 Å². The van der Waals surface area contributed by atoms with Crippen molar-refractivity contribution in [2.24, 2.45) is 0 Å². The van der Waals surface area contributed by atoms with Crippen LogP contribution in [-0.4, -0.2) is 38.5 Å². The van der Waals surface area contributed by atoms with E-state index in [-0.39, 0.29) is 29.0 Å². The number of amides is 2. The number of alkyl halides is 2. The van der Waals surface area contributed by atoms with Crippen LogP contribution in [0.25, 0.3) is 10.9 Å². The SMILES string of the molecule is Cc1nc(NC(=O)NCC(C)(O)Cc2ccccc2)cc2n[nH]c(C(F)F)c12. The lowest BCUT2D eigenvalue weighted by atomic mass is 9.96. The fraction of sp³-hybridized carbons (Fsp3) is 0.316. The van der Waals surface area contributed by atoms with Crippen LogP contribution in [0.1, 0.15) is 30.3 Å². The van der Waals surface area contributed by atoms with Crippen LogP contribution in [0.3, 0.4) is 0 Å². The predicted molar refractivity (Wildman–Crippen MR) is 101 cm³/mol. The van der Waals surface area contributed by atoms with Gasteiger partial charge < -0.3 is 10.4 Å². The van der Waals surface area contributed by atoms with Crippen molar-refractivity contribution in [3.63, 3.8) is 0 Å². The molecule has 3 aromatic rings. The molecule has 0 fully saturated rings. The molecule has 4 N–H and O–H groups in total. The number of nitrogens with zero attached hydrogens (tertiary/aromatic N) is 2. The minimum Gasteiger partial charge on any atom is -0.388 e. The Labute approximate surface area is 160 Å². The van der Waals surface area contributed by atoms with E-state index in [4.69, 9.17) is 0 Å². The molecule has 0 saturated carbocycles. The summed E-state index contributed by atoms with van der Waals surface area (Å²) in [4.78, 5) is 16.3. The monoisotopic (exact) mass is 389 g/mol. The third-order valence-corrected chi connectivity index (χ3v) is 4.26. The summed E-state index contributed by atoms with van der Waals surface area (Å²) in [6.07, 6.45) is -2.32. The second kappa shape index (κ2) is 7.89. The summed E-state index contributed by atoms with van der Waals surface area (Å²) in [5, 5.41) is 22.0. The van der Waals surface area contributed by atoms with Gasteiger partial charge in [0.05, 0.1) is 22.2 Å². The largest absolute Gasteiger partial charge is 0.388 e. The third kappa shape index (κ3) is 4.61. The molecule has 7 nitrogen and oxygen atoms in total. The summed E-state index contributed by atoms with van der Waals surface area (Å²) >= 11 is 0. The number of benzene rings is 1. The number of aryl methyl sites for hydroxylation is 1. The summed E-state index contributed by atoms with van der Waals surface area (Å²) in [7, 11) is 0. The van der Waals surface area contributed by atoms with Crippen molar-refractivity contribution >= 4 is 22.8 Å². The summed E-state index contributed by atoms with van der Waals surface area (Å²) in [6.45, 7) is 3.22. The van der Waals surface area contributed by atoms with Gasteiger partial charge in [0.1, 0.15) is 11.5 Å². The number of urea groups is 1. The number of carbonyl (C=O) groups excluding carboxylic acids is 1. The summed E-state index contributed by atoms with van der Waals surface area (Å²) in [5.74, 6) is 0.178. The smallest absolute Gasteiger partial charge is 0.320 e. The highest BCUT2D eigenvalue weighted by Crippen LogP contribution is 2.28. The summed E-state index contributed by atoms with van der Waals surface area (Å²) < 4.78 is 26.0. The van der Waals surface area contributed by atoms with Crippen molar-refractivity contribution in [2.75, 3.05) is 11.9 Å². The summed E-state index contributed by atoms with van der Waals surface area (Å²) in [5.41, 5.74) is 0.126. The molecule has 1 atom stereocenters. The van der Waals surface area contributed by atoms with Gasteiger partial charge in [-0.3, -0.25) is 10.4 Å². The highest BCUT2D eigenvalue weighted by atomic mass is 19.3. The van der Waals surface area contributed by atoms with Crippen LogP contribution in [0.5, 0.6) is 0 Å². The van der Waals surface area contributed by atoms with Crippen molar-refractivity contribution < 1.29 is 18.7 Å². The molecule has 3 rings (SSSR count). The molecule has 2 aromatic heterocycles. The quantitative estimate of drug-likeness (QED) is 0.519. The molecule has 1 aromatic carbocycles. The number of aromatic amines is 1. The van der Waals surface area contributed by atoms with Gasteiger partial charge in [-0.1, -0.05) is 30.3 Å². The average Bonchev–Trinajstić information content (AvgIpc) is 3.05. The number of anilines is 1. The molecule has 9 heteroatoms. The molecule has 0 radical (unpaired) electrons. The van der Waals surface area contributed by atoms with E-state index < -0.39 is 18.1 Å². The molecule has 1 unspecified atom stereocenters. The standard InChI is InChI=1S/C19H21F2N5O2/c1-11-15-13(25-26-16(15)17(20)21)8-14(23-11)24-18(27)22-10-19(2,28)9-12-6-4-3-5-7-12/h3-8,17,28H,9-10H2,1-2H3,(H,25,26)(H2,22,23,24,27). The van der Waals surface area contributed by atoms with Gasteiger partial charge in [0.2, 0.25) is 0 Å².